The normalized spacial score (nSPS) is 23.4. The summed E-state index contributed by atoms with van der Waals surface area (Å²) in [6.07, 6.45) is 2.49. The van der Waals surface area contributed by atoms with Crippen molar-refractivity contribution in [1.82, 2.24) is 14.5 Å². The van der Waals surface area contributed by atoms with Crippen molar-refractivity contribution in [1.29, 1.82) is 0 Å². The van der Waals surface area contributed by atoms with Crippen LogP contribution >= 0.6 is 11.6 Å². The maximum Gasteiger partial charge on any atom is 0.114 e. The molecule has 0 amide bonds. The van der Waals surface area contributed by atoms with Crippen molar-refractivity contribution in [3.63, 3.8) is 0 Å². The Morgan fingerprint density at radius 2 is 1.92 bits per heavy atom. The van der Waals surface area contributed by atoms with Gasteiger partial charge in [0.1, 0.15) is 5.82 Å². The summed E-state index contributed by atoms with van der Waals surface area (Å²) in [6, 6.07) is 17.4. The summed E-state index contributed by atoms with van der Waals surface area (Å²) in [4.78, 5) is 7.56. The van der Waals surface area contributed by atoms with Crippen LogP contribution in [0.25, 0.3) is 11.0 Å². The van der Waals surface area contributed by atoms with Gasteiger partial charge >= 0.3 is 0 Å². The second kappa shape index (κ2) is 5.61. The third-order valence-electron chi connectivity index (χ3n) is 5.45. The molecule has 122 valence electrons. The smallest absolute Gasteiger partial charge is 0.114 e. The van der Waals surface area contributed by atoms with Crippen LogP contribution in [0.5, 0.6) is 0 Å². The average molecular weight is 338 g/mol. The van der Waals surface area contributed by atoms with Crippen molar-refractivity contribution < 1.29 is 0 Å². The van der Waals surface area contributed by atoms with Crippen LogP contribution in [0.2, 0.25) is 5.02 Å². The molecule has 24 heavy (non-hydrogen) atoms. The highest BCUT2D eigenvalue weighted by Crippen LogP contribution is 2.41. The number of aromatic nitrogens is 2. The van der Waals surface area contributed by atoms with Gasteiger partial charge in [0.25, 0.3) is 0 Å². The minimum absolute atomic E-state index is 0.522. The van der Waals surface area contributed by atoms with Crippen LogP contribution in [0.4, 0.5) is 0 Å². The summed E-state index contributed by atoms with van der Waals surface area (Å²) >= 11 is 6.16. The van der Waals surface area contributed by atoms with Crippen molar-refractivity contribution in [2.75, 3.05) is 13.1 Å². The SMILES string of the molecule is Clc1ccc2c(c1)nc1n2C2CCC1CN(Cc1ccccc1)C2. The van der Waals surface area contributed by atoms with Gasteiger partial charge in [-0.05, 0) is 36.6 Å². The summed E-state index contributed by atoms with van der Waals surface area (Å²) < 4.78 is 2.49. The highest BCUT2D eigenvalue weighted by Gasteiger charge is 2.36. The second-order valence-electron chi connectivity index (χ2n) is 7.08. The summed E-state index contributed by atoms with van der Waals surface area (Å²) in [5.74, 6) is 1.79. The maximum absolute atomic E-state index is 6.16. The van der Waals surface area contributed by atoms with Gasteiger partial charge in [-0.3, -0.25) is 4.90 Å². The topological polar surface area (TPSA) is 21.1 Å². The van der Waals surface area contributed by atoms with Gasteiger partial charge in [0.15, 0.2) is 0 Å². The van der Waals surface area contributed by atoms with Gasteiger partial charge in [0.05, 0.1) is 11.0 Å². The van der Waals surface area contributed by atoms with Gasteiger partial charge in [-0.2, -0.15) is 0 Å². The Hall–Kier alpha value is -1.84. The first kappa shape index (κ1) is 14.5. The molecule has 4 heterocycles. The Bertz CT molecular complexity index is 887. The van der Waals surface area contributed by atoms with Crippen LogP contribution in [-0.2, 0) is 6.54 Å². The van der Waals surface area contributed by atoms with Crippen molar-refractivity contribution in [3.05, 3.63) is 64.9 Å². The predicted molar refractivity (Wildman–Crippen MR) is 97.5 cm³/mol. The van der Waals surface area contributed by atoms with Crippen molar-refractivity contribution in [3.8, 4) is 0 Å². The Labute approximate surface area is 146 Å². The summed E-state index contributed by atoms with van der Waals surface area (Å²) in [7, 11) is 0. The number of rotatable bonds is 2. The molecule has 3 aliphatic heterocycles. The highest BCUT2D eigenvalue weighted by molar-refractivity contribution is 6.31. The number of benzene rings is 2. The van der Waals surface area contributed by atoms with Crippen LogP contribution in [0.15, 0.2) is 48.5 Å². The zero-order valence-electron chi connectivity index (χ0n) is 13.5. The molecule has 2 atom stereocenters. The lowest BCUT2D eigenvalue weighted by Gasteiger charge is -2.26. The fourth-order valence-corrected chi connectivity index (χ4v) is 4.58. The van der Waals surface area contributed by atoms with Crippen LogP contribution in [0.3, 0.4) is 0 Å². The molecule has 0 aliphatic carbocycles. The lowest BCUT2D eigenvalue weighted by Crippen LogP contribution is -2.27. The van der Waals surface area contributed by atoms with E-state index in [1.54, 1.807) is 0 Å². The van der Waals surface area contributed by atoms with Gasteiger partial charge in [-0.15, -0.1) is 0 Å². The van der Waals surface area contributed by atoms with E-state index in [0.717, 1.165) is 30.2 Å². The van der Waals surface area contributed by atoms with Gasteiger partial charge in [-0.25, -0.2) is 4.98 Å². The lowest BCUT2D eigenvalue weighted by atomic mass is 9.96. The first-order valence-electron chi connectivity index (χ1n) is 8.71. The molecule has 1 saturated heterocycles. The number of nitrogens with zero attached hydrogens (tertiary/aromatic N) is 3. The van der Waals surface area contributed by atoms with Crippen LogP contribution in [-0.4, -0.2) is 27.5 Å². The largest absolute Gasteiger partial charge is 0.323 e. The van der Waals surface area contributed by atoms with Gasteiger partial charge in [-0.1, -0.05) is 41.9 Å². The number of imidazole rings is 1. The van der Waals surface area contributed by atoms with Gasteiger partial charge in [0.2, 0.25) is 0 Å². The average Bonchev–Trinajstić information content (AvgIpc) is 2.77. The molecule has 2 bridgehead atoms. The first-order chi connectivity index (χ1) is 11.8. The van der Waals surface area contributed by atoms with E-state index in [-0.39, 0.29) is 0 Å². The quantitative estimate of drug-likeness (QED) is 0.680. The molecular formula is C20H20ClN3. The van der Waals surface area contributed by atoms with E-state index in [1.807, 2.05) is 12.1 Å². The molecule has 3 aliphatic rings. The number of fused-ring (bicyclic) bond motifs is 4. The molecule has 4 heteroatoms. The fourth-order valence-electron chi connectivity index (χ4n) is 4.41. The third-order valence-corrected chi connectivity index (χ3v) is 5.69. The standard InChI is InChI=1S/C20H20ClN3/c21-16-7-9-19-18(10-16)22-20-15-6-8-17(24(19)20)13-23(12-15)11-14-4-2-1-3-5-14/h1-5,7,9-10,15,17H,6,8,11-13H2. The molecule has 0 radical (unpaired) electrons. The minimum Gasteiger partial charge on any atom is -0.323 e. The summed E-state index contributed by atoms with van der Waals surface area (Å²) in [6.45, 7) is 3.23. The van der Waals surface area contributed by atoms with Crippen LogP contribution in [0.1, 0.15) is 36.2 Å². The van der Waals surface area contributed by atoms with Crippen LogP contribution < -0.4 is 0 Å². The van der Waals surface area contributed by atoms with E-state index in [4.69, 9.17) is 16.6 Å². The monoisotopic (exact) mass is 337 g/mol. The van der Waals surface area contributed by atoms with E-state index in [1.165, 1.54) is 29.7 Å². The van der Waals surface area contributed by atoms with Gasteiger partial charge in [0, 0.05) is 36.6 Å². The number of halogens is 1. The molecule has 1 fully saturated rings. The summed E-state index contributed by atoms with van der Waals surface area (Å²) in [5, 5.41) is 0.772. The zero-order valence-corrected chi connectivity index (χ0v) is 14.3. The first-order valence-corrected chi connectivity index (χ1v) is 9.09. The molecule has 2 aromatic carbocycles. The minimum atomic E-state index is 0.522. The van der Waals surface area contributed by atoms with Crippen molar-refractivity contribution >= 4 is 22.6 Å². The molecule has 6 rings (SSSR count). The lowest BCUT2D eigenvalue weighted by molar-refractivity contribution is 0.252. The molecule has 2 unspecified atom stereocenters. The van der Waals surface area contributed by atoms with Crippen LogP contribution in [0, 0.1) is 0 Å². The number of hydrogen-bond donors (Lipinski definition) is 0. The Balaban J connectivity index is 1.51. The Morgan fingerprint density at radius 1 is 1.04 bits per heavy atom. The van der Waals surface area contributed by atoms with E-state index < -0.39 is 0 Å². The second-order valence-corrected chi connectivity index (χ2v) is 7.52. The third kappa shape index (κ3) is 2.35. The van der Waals surface area contributed by atoms with E-state index in [9.17, 15) is 0 Å². The molecule has 0 spiro atoms. The summed E-state index contributed by atoms with van der Waals surface area (Å²) in [5.41, 5.74) is 3.68. The highest BCUT2D eigenvalue weighted by atomic mass is 35.5. The maximum atomic E-state index is 6.16. The predicted octanol–water partition coefficient (Wildman–Crippen LogP) is 4.62. The molecule has 3 nitrogen and oxygen atoms in total. The van der Waals surface area contributed by atoms with E-state index in [2.05, 4.69) is 45.9 Å². The molecule has 0 saturated carbocycles. The van der Waals surface area contributed by atoms with E-state index in [0.29, 0.717) is 12.0 Å². The zero-order chi connectivity index (χ0) is 16.1. The molecule has 3 aromatic rings. The van der Waals surface area contributed by atoms with E-state index >= 15 is 0 Å². The number of hydrogen-bond acceptors (Lipinski definition) is 2. The molecule has 0 N–H and O–H groups in total. The van der Waals surface area contributed by atoms with Crippen molar-refractivity contribution in [2.24, 2.45) is 0 Å². The van der Waals surface area contributed by atoms with Gasteiger partial charge < -0.3 is 4.57 Å². The fraction of sp³-hybridized carbons (Fsp3) is 0.350. The van der Waals surface area contributed by atoms with Crippen molar-refractivity contribution in [2.45, 2.75) is 31.3 Å². The Morgan fingerprint density at radius 3 is 2.79 bits per heavy atom. The Kier molecular flexibility index (Phi) is 3.39. The molecule has 1 aromatic heterocycles. The molecular weight excluding hydrogens is 318 g/mol.